The number of aliphatic hydroxyl groups excluding tert-OH is 1. The number of hydrogen-bond acceptors (Lipinski definition) is 6. The molecule has 6 nitrogen and oxygen atoms in total. The van der Waals surface area contributed by atoms with Crippen molar-refractivity contribution in [1.29, 1.82) is 0 Å². The summed E-state index contributed by atoms with van der Waals surface area (Å²) in [6.45, 7) is 0. The fraction of sp³-hybridized carbons (Fsp3) is 0.750. The maximum absolute atomic E-state index is 11.1. The number of rotatable bonds is 7. The van der Waals surface area contributed by atoms with Crippen molar-refractivity contribution in [2.75, 3.05) is 12.4 Å². The number of pyridine rings is 1. The van der Waals surface area contributed by atoms with Gasteiger partial charge >= 0.3 is 0 Å². The molecule has 0 saturated heterocycles. The highest BCUT2D eigenvalue weighted by Gasteiger charge is 2.47. The van der Waals surface area contributed by atoms with Crippen LogP contribution in [0.1, 0.15) is 77.0 Å². The van der Waals surface area contributed by atoms with Gasteiger partial charge in [-0.3, -0.25) is 0 Å². The summed E-state index contributed by atoms with van der Waals surface area (Å²) in [5, 5.41) is 14.8. The molecule has 2 heterocycles. The number of guanidine groups is 1. The molecule has 4 N–H and O–H groups in total. The van der Waals surface area contributed by atoms with Crippen molar-refractivity contribution < 1.29 is 5.11 Å². The maximum Gasteiger partial charge on any atom is 0.193 e. The molecular weight excluding hydrogens is 374 g/mol. The quantitative estimate of drug-likeness (QED) is 0.626. The van der Waals surface area contributed by atoms with Gasteiger partial charge in [0.05, 0.1) is 0 Å². The second kappa shape index (κ2) is 9.54. The van der Waals surface area contributed by atoms with Crippen LogP contribution in [-0.2, 0) is 0 Å². The molecule has 1 aromatic heterocycles. The molecule has 0 amide bonds. The highest BCUT2D eigenvalue weighted by Crippen LogP contribution is 2.42. The van der Waals surface area contributed by atoms with Crippen LogP contribution in [0.5, 0.6) is 0 Å². The molecule has 166 valence electrons. The van der Waals surface area contributed by atoms with Crippen molar-refractivity contribution in [2.24, 2.45) is 22.6 Å². The fourth-order valence-corrected chi connectivity index (χ4v) is 5.98. The molecular formula is C24H39N5O. The van der Waals surface area contributed by atoms with E-state index in [1.807, 2.05) is 31.4 Å². The Labute approximate surface area is 181 Å². The molecule has 3 aliphatic rings. The van der Waals surface area contributed by atoms with Crippen molar-refractivity contribution in [1.82, 2.24) is 9.88 Å². The van der Waals surface area contributed by atoms with Crippen LogP contribution >= 0.6 is 0 Å². The second-order valence-electron chi connectivity index (χ2n) is 9.89. The first kappa shape index (κ1) is 21.4. The summed E-state index contributed by atoms with van der Waals surface area (Å²) in [5.74, 6) is 2.78. The number of aliphatic hydroxyl groups is 1. The van der Waals surface area contributed by atoms with Crippen molar-refractivity contribution in [3.8, 4) is 0 Å². The molecule has 2 saturated carbocycles. The van der Waals surface area contributed by atoms with Crippen molar-refractivity contribution in [3.05, 3.63) is 24.4 Å². The molecule has 0 bridgehead atoms. The van der Waals surface area contributed by atoms with E-state index in [1.165, 1.54) is 51.4 Å². The molecule has 2 aliphatic carbocycles. The van der Waals surface area contributed by atoms with E-state index >= 15 is 0 Å². The smallest absolute Gasteiger partial charge is 0.193 e. The van der Waals surface area contributed by atoms with E-state index in [0.29, 0.717) is 17.9 Å². The summed E-state index contributed by atoms with van der Waals surface area (Å²) in [6.07, 6.45) is 15.7. The Balaban J connectivity index is 1.42. The SMILES string of the molecule is CN1C(N)=N[C@](CCC2CCCCC2)(C[C@H]2CCCC(Nc3ccccn3)C2)C1O. The molecule has 1 aromatic rings. The van der Waals surface area contributed by atoms with E-state index in [9.17, 15) is 5.11 Å². The van der Waals surface area contributed by atoms with Gasteiger partial charge in [-0.25, -0.2) is 9.98 Å². The lowest BCUT2D eigenvalue weighted by Crippen LogP contribution is -2.48. The summed E-state index contributed by atoms with van der Waals surface area (Å²) in [6, 6.07) is 6.45. The van der Waals surface area contributed by atoms with E-state index < -0.39 is 11.8 Å². The molecule has 0 spiro atoms. The number of hydrogen-bond donors (Lipinski definition) is 3. The van der Waals surface area contributed by atoms with E-state index in [1.54, 1.807) is 4.90 Å². The number of aliphatic imine (C=N–C) groups is 1. The molecule has 4 atom stereocenters. The zero-order valence-corrected chi connectivity index (χ0v) is 18.5. The predicted molar refractivity (Wildman–Crippen MR) is 122 cm³/mol. The molecule has 2 fully saturated rings. The van der Waals surface area contributed by atoms with Crippen LogP contribution in [0.3, 0.4) is 0 Å². The maximum atomic E-state index is 11.1. The van der Waals surface area contributed by atoms with Gasteiger partial charge < -0.3 is 21.1 Å². The van der Waals surface area contributed by atoms with Gasteiger partial charge in [-0.05, 0) is 56.1 Å². The average molecular weight is 414 g/mol. The summed E-state index contributed by atoms with van der Waals surface area (Å²) in [5.41, 5.74) is 5.73. The van der Waals surface area contributed by atoms with E-state index in [4.69, 9.17) is 10.7 Å². The van der Waals surface area contributed by atoms with Crippen molar-refractivity contribution >= 4 is 11.8 Å². The second-order valence-corrected chi connectivity index (χ2v) is 9.89. The van der Waals surface area contributed by atoms with E-state index in [2.05, 4.69) is 10.3 Å². The highest BCUT2D eigenvalue weighted by atomic mass is 16.3. The molecule has 2 unspecified atom stereocenters. The lowest BCUT2D eigenvalue weighted by molar-refractivity contribution is -0.00361. The number of nitrogens with zero attached hydrogens (tertiary/aromatic N) is 3. The van der Waals surface area contributed by atoms with Gasteiger partial charge in [0, 0.05) is 19.3 Å². The molecule has 0 radical (unpaired) electrons. The van der Waals surface area contributed by atoms with Crippen LogP contribution < -0.4 is 11.1 Å². The summed E-state index contributed by atoms with van der Waals surface area (Å²) in [4.78, 5) is 11.1. The summed E-state index contributed by atoms with van der Waals surface area (Å²) < 4.78 is 0. The third-order valence-electron chi connectivity index (χ3n) is 7.70. The third-order valence-corrected chi connectivity index (χ3v) is 7.70. The van der Waals surface area contributed by atoms with Gasteiger partial charge in [0.15, 0.2) is 12.2 Å². The Morgan fingerprint density at radius 2 is 1.93 bits per heavy atom. The number of anilines is 1. The standard InChI is InChI=1S/C24H39N5O/c1-29-22(30)24(28-23(29)25,14-13-18-8-3-2-4-9-18)17-19-10-7-11-20(16-19)27-21-12-5-6-15-26-21/h5-6,12,15,18-20,22,30H,2-4,7-11,13-14,16-17H2,1H3,(H2,25,28)(H,26,27)/t19-,20?,22?,24+/m0/s1. The molecule has 4 rings (SSSR count). The number of likely N-dealkylation sites (N-methyl/N-ethyl adjacent to an activating group) is 1. The largest absolute Gasteiger partial charge is 0.371 e. The average Bonchev–Trinajstić information content (AvgIpc) is 2.98. The van der Waals surface area contributed by atoms with Gasteiger partial charge in [0.25, 0.3) is 0 Å². The number of nitrogens with two attached hydrogens (primary N) is 1. The Bertz CT molecular complexity index is 705. The first-order valence-electron chi connectivity index (χ1n) is 12.0. The molecule has 30 heavy (non-hydrogen) atoms. The first-order valence-corrected chi connectivity index (χ1v) is 12.0. The monoisotopic (exact) mass is 413 g/mol. The van der Waals surface area contributed by atoms with Gasteiger partial charge in [-0.1, -0.05) is 51.0 Å². The zero-order valence-electron chi connectivity index (χ0n) is 18.5. The van der Waals surface area contributed by atoms with Gasteiger partial charge in [-0.15, -0.1) is 0 Å². The van der Waals surface area contributed by atoms with E-state index in [0.717, 1.165) is 37.4 Å². The number of aromatic nitrogens is 1. The molecule has 6 heteroatoms. The third kappa shape index (κ3) is 4.90. The van der Waals surface area contributed by atoms with Crippen LogP contribution in [0.15, 0.2) is 29.4 Å². The summed E-state index contributed by atoms with van der Waals surface area (Å²) >= 11 is 0. The number of nitrogens with one attached hydrogen (secondary N) is 1. The Morgan fingerprint density at radius 1 is 1.13 bits per heavy atom. The molecule has 1 aliphatic heterocycles. The lowest BCUT2D eigenvalue weighted by Gasteiger charge is -2.39. The van der Waals surface area contributed by atoms with Crippen LogP contribution in [0, 0.1) is 11.8 Å². The minimum atomic E-state index is -0.606. The zero-order chi connectivity index (χ0) is 21.0. The predicted octanol–water partition coefficient (Wildman–Crippen LogP) is 4.12. The fourth-order valence-electron chi connectivity index (χ4n) is 5.98. The normalized spacial score (nSPS) is 32.8. The van der Waals surface area contributed by atoms with Gasteiger partial charge in [0.2, 0.25) is 0 Å². The Morgan fingerprint density at radius 3 is 2.63 bits per heavy atom. The van der Waals surface area contributed by atoms with Crippen LogP contribution in [-0.4, -0.2) is 45.8 Å². The minimum Gasteiger partial charge on any atom is -0.371 e. The van der Waals surface area contributed by atoms with Gasteiger partial charge in [0.1, 0.15) is 11.4 Å². The first-order chi connectivity index (χ1) is 14.6. The van der Waals surface area contributed by atoms with Gasteiger partial charge in [-0.2, -0.15) is 0 Å². The van der Waals surface area contributed by atoms with Crippen molar-refractivity contribution in [3.63, 3.8) is 0 Å². The van der Waals surface area contributed by atoms with E-state index in [-0.39, 0.29) is 0 Å². The Hall–Kier alpha value is -1.82. The molecule has 0 aromatic carbocycles. The Kier molecular flexibility index (Phi) is 6.81. The minimum absolute atomic E-state index is 0.437. The topological polar surface area (TPSA) is 86.8 Å². The van der Waals surface area contributed by atoms with Crippen LogP contribution in [0.25, 0.3) is 0 Å². The highest BCUT2D eigenvalue weighted by molar-refractivity contribution is 5.80. The van der Waals surface area contributed by atoms with Crippen molar-refractivity contribution in [2.45, 2.75) is 94.9 Å². The van der Waals surface area contributed by atoms with Crippen LogP contribution in [0.2, 0.25) is 0 Å². The summed E-state index contributed by atoms with van der Waals surface area (Å²) in [7, 11) is 1.87. The lowest BCUT2D eigenvalue weighted by atomic mass is 9.73. The van der Waals surface area contributed by atoms with Crippen LogP contribution in [0.4, 0.5) is 5.82 Å².